The summed E-state index contributed by atoms with van der Waals surface area (Å²) in [5, 5.41) is 2.21. The van der Waals surface area contributed by atoms with Gasteiger partial charge in [0.1, 0.15) is 5.69 Å². The molecule has 2 aliphatic rings. The van der Waals surface area contributed by atoms with Crippen LogP contribution >= 0.6 is 11.3 Å². The van der Waals surface area contributed by atoms with Gasteiger partial charge in [0.25, 0.3) is 5.91 Å². The number of rotatable bonds is 2. The van der Waals surface area contributed by atoms with Crippen molar-refractivity contribution in [3.63, 3.8) is 0 Å². The second-order valence-corrected chi connectivity index (χ2v) is 6.77. The first-order valence-electron chi connectivity index (χ1n) is 7.18. The topological polar surface area (TPSA) is 68.5 Å². The number of ether oxygens (including phenoxy) is 1. The first-order valence-corrected chi connectivity index (χ1v) is 8.06. The molecule has 1 aromatic rings. The van der Waals surface area contributed by atoms with E-state index in [1.165, 1.54) is 17.8 Å². The molecule has 1 amide bonds. The Morgan fingerprint density at radius 2 is 2.35 bits per heavy atom. The molecular weight excluding hydrogens is 274 g/mol. The number of likely N-dealkylation sites (tertiary alicyclic amines) is 1. The highest BCUT2D eigenvalue weighted by atomic mass is 32.1. The Balaban J connectivity index is 1.76. The van der Waals surface area contributed by atoms with Crippen molar-refractivity contribution in [1.29, 1.82) is 0 Å². The molecule has 0 bridgehead atoms. The van der Waals surface area contributed by atoms with E-state index in [1.807, 2.05) is 4.90 Å². The minimum Gasteiger partial charge on any atom is -0.381 e. The molecular formula is C14H21N3O2S. The van der Waals surface area contributed by atoms with Gasteiger partial charge >= 0.3 is 0 Å². The number of hydrogen-bond acceptors (Lipinski definition) is 5. The van der Waals surface area contributed by atoms with Gasteiger partial charge in [-0.15, -0.1) is 11.3 Å². The third kappa shape index (κ3) is 2.31. The second-order valence-electron chi connectivity index (χ2n) is 5.88. The SMILES string of the molecule is CO[C@@H]1CCC[C@@]12CCCN(C(=O)c1csc(N)n1)C2. The number of anilines is 1. The van der Waals surface area contributed by atoms with E-state index >= 15 is 0 Å². The van der Waals surface area contributed by atoms with Gasteiger partial charge in [-0.1, -0.05) is 6.42 Å². The zero-order valence-corrected chi connectivity index (χ0v) is 12.6. The zero-order chi connectivity index (χ0) is 14.2. The number of methoxy groups -OCH3 is 1. The molecule has 0 radical (unpaired) electrons. The summed E-state index contributed by atoms with van der Waals surface area (Å²) in [6.45, 7) is 1.61. The highest BCUT2D eigenvalue weighted by Gasteiger charge is 2.46. The Labute approximate surface area is 123 Å². The number of nitrogens with two attached hydrogens (primary N) is 1. The van der Waals surface area contributed by atoms with Crippen molar-refractivity contribution >= 4 is 22.4 Å². The Kier molecular flexibility index (Phi) is 3.69. The van der Waals surface area contributed by atoms with E-state index in [2.05, 4.69) is 4.98 Å². The van der Waals surface area contributed by atoms with Crippen LogP contribution in [0.1, 0.15) is 42.6 Å². The summed E-state index contributed by atoms with van der Waals surface area (Å²) in [6, 6.07) is 0. The lowest BCUT2D eigenvalue weighted by Gasteiger charge is -2.43. The lowest BCUT2D eigenvalue weighted by Crippen LogP contribution is -2.49. The summed E-state index contributed by atoms with van der Waals surface area (Å²) in [5.41, 5.74) is 6.26. The summed E-state index contributed by atoms with van der Waals surface area (Å²) in [5.74, 6) is 0.0128. The highest BCUT2D eigenvalue weighted by Crippen LogP contribution is 2.46. The third-order valence-corrected chi connectivity index (χ3v) is 5.42. The van der Waals surface area contributed by atoms with Crippen LogP contribution in [0.25, 0.3) is 0 Å². The van der Waals surface area contributed by atoms with E-state index in [0.29, 0.717) is 16.9 Å². The van der Waals surface area contributed by atoms with Crippen molar-refractivity contribution in [3.05, 3.63) is 11.1 Å². The van der Waals surface area contributed by atoms with Crippen molar-refractivity contribution in [3.8, 4) is 0 Å². The molecule has 3 rings (SSSR count). The van der Waals surface area contributed by atoms with E-state index in [1.54, 1.807) is 12.5 Å². The van der Waals surface area contributed by atoms with Crippen molar-refractivity contribution in [1.82, 2.24) is 9.88 Å². The molecule has 2 heterocycles. The van der Waals surface area contributed by atoms with E-state index < -0.39 is 0 Å². The Morgan fingerprint density at radius 3 is 3.05 bits per heavy atom. The van der Waals surface area contributed by atoms with Gasteiger partial charge in [0.15, 0.2) is 5.13 Å². The molecule has 1 aromatic heterocycles. The van der Waals surface area contributed by atoms with Gasteiger partial charge in [-0.25, -0.2) is 4.98 Å². The minimum absolute atomic E-state index is 0.0128. The smallest absolute Gasteiger partial charge is 0.273 e. The van der Waals surface area contributed by atoms with Crippen molar-refractivity contribution in [2.45, 2.75) is 38.2 Å². The molecule has 110 valence electrons. The molecule has 2 N–H and O–H groups in total. The second kappa shape index (κ2) is 5.33. The summed E-state index contributed by atoms with van der Waals surface area (Å²) >= 11 is 1.32. The largest absolute Gasteiger partial charge is 0.381 e. The molecule has 1 spiro atoms. The normalized spacial score (nSPS) is 30.1. The van der Waals surface area contributed by atoms with Crippen molar-refractivity contribution < 1.29 is 9.53 Å². The van der Waals surface area contributed by atoms with E-state index in [0.717, 1.165) is 38.8 Å². The highest BCUT2D eigenvalue weighted by molar-refractivity contribution is 7.13. The molecule has 0 aromatic carbocycles. The standard InChI is InChI=1S/C14H21N3O2S/c1-19-11-4-2-5-14(11)6-3-7-17(9-14)12(18)10-8-20-13(15)16-10/h8,11H,2-7,9H2,1H3,(H2,15,16)/t11-,14+/m1/s1. The number of nitrogens with zero attached hydrogens (tertiary/aromatic N) is 2. The van der Waals surface area contributed by atoms with Gasteiger partial charge < -0.3 is 15.4 Å². The predicted molar refractivity (Wildman–Crippen MR) is 78.7 cm³/mol. The third-order valence-electron chi connectivity index (χ3n) is 4.75. The molecule has 2 atom stereocenters. The minimum atomic E-state index is 0.0128. The summed E-state index contributed by atoms with van der Waals surface area (Å²) in [4.78, 5) is 18.6. The molecule has 1 saturated heterocycles. The number of aromatic nitrogens is 1. The van der Waals surface area contributed by atoms with Crippen LogP contribution in [0.15, 0.2) is 5.38 Å². The zero-order valence-electron chi connectivity index (χ0n) is 11.8. The van der Waals surface area contributed by atoms with Crippen LogP contribution in [-0.2, 0) is 4.74 Å². The van der Waals surface area contributed by atoms with Gasteiger partial charge in [0.2, 0.25) is 0 Å². The average molecular weight is 295 g/mol. The fraction of sp³-hybridized carbons (Fsp3) is 0.714. The monoisotopic (exact) mass is 295 g/mol. The quantitative estimate of drug-likeness (QED) is 0.907. The van der Waals surface area contributed by atoms with Crippen molar-refractivity contribution in [2.75, 3.05) is 25.9 Å². The number of carbonyl (C=O) groups is 1. The van der Waals surface area contributed by atoms with Crippen molar-refractivity contribution in [2.24, 2.45) is 5.41 Å². The molecule has 1 saturated carbocycles. The van der Waals surface area contributed by atoms with Crippen LogP contribution in [0, 0.1) is 5.41 Å². The van der Waals surface area contributed by atoms with Crippen LogP contribution < -0.4 is 5.73 Å². The summed E-state index contributed by atoms with van der Waals surface area (Å²) in [7, 11) is 1.79. The van der Waals surface area contributed by atoms with Crippen LogP contribution in [-0.4, -0.2) is 42.1 Å². The first kappa shape index (κ1) is 13.8. The molecule has 6 heteroatoms. The molecule has 20 heavy (non-hydrogen) atoms. The Bertz CT molecular complexity index is 504. The maximum absolute atomic E-state index is 12.5. The van der Waals surface area contributed by atoms with E-state index in [9.17, 15) is 4.79 Å². The van der Waals surface area contributed by atoms with Crippen LogP contribution in [0.4, 0.5) is 5.13 Å². The van der Waals surface area contributed by atoms with Crippen LogP contribution in [0.2, 0.25) is 0 Å². The number of amides is 1. The maximum atomic E-state index is 12.5. The van der Waals surface area contributed by atoms with Crippen LogP contribution in [0.5, 0.6) is 0 Å². The molecule has 0 unspecified atom stereocenters. The summed E-state index contributed by atoms with van der Waals surface area (Å²) in [6.07, 6.45) is 5.97. The van der Waals surface area contributed by atoms with E-state index in [4.69, 9.17) is 10.5 Å². The van der Waals surface area contributed by atoms with Gasteiger partial charge in [0.05, 0.1) is 6.10 Å². The Hall–Kier alpha value is -1.14. The van der Waals surface area contributed by atoms with E-state index in [-0.39, 0.29) is 11.3 Å². The Morgan fingerprint density at radius 1 is 1.55 bits per heavy atom. The fourth-order valence-corrected chi connectivity index (χ4v) is 4.36. The lowest BCUT2D eigenvalue weighted by atomic mass is 9.76. The van der Waals surface area contributed by atoms with Gasteiger partial charge in [-0.05, 0) is 25.7 Å². The molecule has 2 fully saturated rings. The molecule has 5 nitrogen and oxygen atoms in total. The van der Waals surface area contributed by atoms with Gasteiger partial charge in [-0.3, -0.25) is 4.79 Å². The van der Waals surface area contributed by atoms with Gasteiger partial charge in [0, 0.05) is 31.0 Å². The first-order chi connectivity index (χ1) is 9.64. The van der Waals surface area contributed by atoms with Crippen LogP contribution in [0.3, 0.4) is 0 Å². The predicted octanol–water partition coefficient (Wildman–Crippen LogP) is 2.15. The maximum Gasteiger partial charge on any atom is 0.273 e. The van der Waals surface area contributed by atoms with Gasteiger partial charge in [-0.2, -0.15) is 0 Å². The number of thiazole rings is 1. The molecule has 1 aliphatic heterocycles. The fourth-order valence-electron chi connectivity index (χ4n) is 3.82. The number of piperidine rings is 1. The number of carbonyl (C=O) groups excluding carboxylic acids is 1. The number of nitrogen functional groups attached to an aromatic ring is 1. The summed E-state index contributed by atoms with van der Waals surface area (Å²) < 4.78 is 5.67. The molecule has 1 aliphatic carbocycles. The number of hydrogen-bond donors (Lipinski definition) is 1. The lowest BCUT2D eigenvalue weighted by molar-refractivity contribution is -0.0296. The average Bonchev–Trinajstić information content (AvgIpc) is 3.05.